The molecule has 0 unspecified atom stereocenters. The third-order valence-corrected chi connectivity index (χ3v) is 3.82. The zero-order valence-electron chi connectivity index (χ0n) is 8.46. The van der Waals surface area contributed by atoms with Gasteiger partial charge in [-0.3, -0.25) is 0 Å². The Morgan fingerprint density at radius 3 is 1.92 bits per heavy atom. The lowest BCUT2D eigenvalue weighted by molar-refractivity contribution is -1.28. The van der Waals surface area contributed by atoms with Gasteiger partial charge in [-0.25, -0.2) is 0 Å². The molecule has 1 rings (SSSR count). The molecule has 0 aromatic heterocycles. The highest BCUT2D eigenvalue weighted by molar-refractivity contribution is 4.88. The van der Waals surface area contributed by atoms with Gasteiger partial charge in [-0.05, 0) is 25.1 Å². The van der Waals surface area contributed by atoms with Gasteiger partial charge in [0.2, 0.25) is 0 Å². The van der Waals surface area contributed by atoms with Crippen molar-refractivity contribution < 1.29 is 15.2 Å². The first-order valence-corrected chi connectivity index (χ1v) is 4.54. The van der Waals surface area contributed by atoms with Crippen molar-refractivity contribution in [1.82, 2.24) is 0 Å². The quantitative estimate of drug-likeness (QED) is 0.553. The van der Waals surface area contributed by atoms with Crippen molar-refractivity contribution in [2.75, 3.05) is 6.54 Å². The molecule has 0 aromatic carbocycles. The van der Waals surface area contributed by atoms with Crippen LogP contribution in [0.5, 0.6) is 0 Å². The van der Waals surface area contributed by atoms with Crippen molar-refractivity contribution in [3.8, 4) is 0 Å². The lowest BCUT2D eigenvalue weighted by Crippen LogP contribution is -2.66. The van der Waals surface area contributed by atoms with Crippen LogP contribution in [-0.2, 0) is 0 Å². The standard InChI is InChI=1S/C9H20NO2/c1-8(2)6-5-7-10(11,12)9(8,3)4/h11-12H,5-7H2,1-4H3/q+1. The molecule has 1 heterocycles. The van der Waals surface area contributed by atoms with E-state index in [4.69, 9.17) is 0 Å². The van der Waals surface area contributed by atoms with E-state index in [-0.39, 0.29) is 5.41 Å². The van der Waals surface area contributed by atoms with Gasteiger partial charge in [0, 0.05) is 11.8 Å². The molecule has 2 N–H and O–H groups in total. The third kappa shape index (κ3) is 1.16. The van der Waals surface area contributed by atoms with Crippen LogP contribution in [0.1, 0.15) is 40.5 Å². The van der Waals surface area contributed by atoms with Gasteiger partial charge in [0.25, 0.3) is 0 Å². The van der Waals surface area contributed by atoms with Crippen LogP contribution in [0.3, 0.4) is 0 Å². The molecule has 12 heavy (non-hydrogen) atoms. The van der Waals surface area contributed by atoms with Crippen molar-refractivity contribution in [2.24, 2.45) is 5.41 Å². The van der Waals surface area contributed by atoms with E-state index in [9.17, 15) is 10.4 Å². The molecule has 3 heteroatoms. The Kier molecular flexibility index (Phi) is 2.02. The molecule has 0 atom stereocenters. The summed E-state index contributed by atoms with van der Waals surface area (Å²) in [6.07, 6.45) is 1.94. The Hall–Kier alpha value is -0.120. The Labute approximate surface area is 74.1 Å². The maximum absolute atomic E-state index is 9.73. The van der Waals surface area contributed by atoms with E-state index in [1.54, 1.807) is 0 Å². The molecular formula is C9H20NO2+. The molecule has 1 fully saturated rings. The SMILES string of the molecule is CC1(C)CCC[N+](O)(O)C1(C)C. The van der Waals surface area contributed by atoms with Crippen molar-refractivity contribution in [3.05, 3.63) is 0 Å². The predicted octanol–water partition coefficient (Wildman–Crippen LogP) is 2.18. The van der Waals surface area contributed by atoms with E-state index in [1.165, 1.54) is 0 Å². The van der Waals surface area contributed by atoms with E-state index in [2.05, 4.69) is 13.8 Å². The minimum atomic E-state index is -0.833. The molecule has 0 radical (unpaired) electrons. The zero-order chi connectivity index (χ0) is 9.62. The lowest BCUT2D eigenvalue weighted by atomic mass is 9.68. The second kappa shape index (κ2) is 2.44. The van der Waals surface area contributed by atoms with Crippen molar-refractivity contribution in [2.45, 2.75) is 46.1 Å². The van der Waals surface area contributed by atoms with Crippen LogP contribution in [-0.4, -0.2) is 27.3 Å². The fourth-order valence-electron chi connectivity index (χ4n) is 1.81. The van der Waals surface area contributed by atoms with Gasteiger partial charge in [0.05, 0.1) is 0 Å². The molecule has 1 aliphatic heterocycles. The minimum absolute atomic E-state index is 0.0191. The maximum atomic E-state index is 9.73. The number of rotatable bonds is 0. The summed E-state index contributed by atoms with van der Waals surface area (Å²) in [6.45, 7) is 8.44. The molecule has 0 amide bonds. The number of quaternary nitrogens is 1. The highest BCUT2D eigenvalue weighted by Gasteiger charge is 2.56. The van der Waals surface area contributed by atoms with Gasteiger partial charge in [0.15, 0.2) is 5.54 Å². The summed E-state index contributed by atoms with van der Waals surface area (Å²) in [6, 6.07) is 0. The second-order valence-electron chi connectivity index (χ2n) is 5.00. The molecule has 0 spiro atoms. The van der Waals surface area contributed by atoms with Crippen LogP contribution in [0.25, 0.3) is 0 Å². The minimum Gasteiger partial charge on any atom is -0.182 e. The van der Waals surface area contributed by atoms with Crippen LogP contribution in [0.4, 0.5) is 0 Å². The molecule has 1 aliphatic rings. The Balaban J connectivity index is 2.99. The maximum Gasteiger partial charge on any atom is 0.161 e. The highest BCUT2D eigenvalue weighted by atomic mass is 16.8. The normalized spacial score (nSPS) is 31.5. The van der Waals surface area contributed by atoms with Crippen LogP contribution in [0.2, 0.25) is 0 Å². The average molecular weight is 174 g/mol. The fraction of sp³-hybridized carbons (Fsp3) is 1.00. The summed E-state index contributed by atoms with van der Waals surface area (Å²) in [5.41, 5.74) is -0.500. The molecule has 72 valence electrons. The van der Waals surface area contributed by atoms with Gasteiger partial charge in [-0.15, -0.1) is 0 Å². The largest absolute Gasteiger partial charge is 0.182 e. The summed E-state index contributed by atoms with van der Waals surface area (Å²) in [4.78, 5) is -0.833. The monoisotopic (exact) mass is 174 g/mol. The topological polar surface area (TPSA) is 40.5 Å². The van der Waals surface area contributed by atoms with E-state index in [1.807, 2.05) is 13.8 Å². The smallest absolute Gasteiger partial charge is 0.161 e. The lowest BCUT2D eigenvalue weighted by Gasteiger charge is -2.50. The molecule has 1 saturated heterocycles. The first-order chi connectivity index (χ1) is 5.21. The summed E-state index contributed by atoms with van der Waals surface area (Å²) >= 11 is 0. The second-order valence-corrected chi connectivity index (χ2v) is 5.00. The van der Waals surface area contributed by atoms with Gasteiger partial charge >= 0.3 is 0 Å². The molecule has 0 bridgehead atoms. The summed E-state index contributed by atoms with van der Waals surface area (Å²) in [5.74, 6) is 0. The predicted molar refractivity (Wildman–Crippen MR) is 45.8 cm³/mol. The van der Waals surface area contributed by atoms with Gasteiger partial charge in [-0.1, -0.05) is 13.8 Å². The van der Waals surface area contributed by atoms with Crippen LogP contribution in [0, 0.1) is 5.41 Å². The number of nitrogens with zero attached hydrogens (tertiary/aromatic N) is 1. The summed E-state index contributed by atoms with van der Waals surface area (Å²) < 4.78 is 0. The van der Waals surface area contributed by atoms with Crippen LogP contribution in [0.15, 0.2) is 0 Å². The Morgan fingerprint density at radius 2 is 1.58 bits per heavy atom. The van der Waals surface area contributed by atoms with Crippen molar-refractivity contribution >= 4 is 0 Å². The van der Waals surface area contributed by atoms with Gasteiger partial charge in [0.1, 0.15) is 6.54 Å². The summed E-state index contributed by atoms with van der Waals surface area (Å²) in [5, 5.41) is 19.5. The van der Waals surface area contributed by atoms with E-state index >= 15 is 0 Å². The summed E-state index contributed by atoms with van der Waals surface area (Å²) in [7, 11) is 0. The van der Waals surface area contributed by atoms with E-state index < -0.39 is 10.3 Å². The first kappa shape index (κ1) is 9.96. The van der Waals surface area contributed by atoms with Gasteiger partial charge in [-0.2, -0.15) is 10.4 Å². The molecular weight excluding hydrogens is 154 g/mol. The highest BCUT2D eigenvalue weighted by Crippen LogP contribution is 2.45. The van der Waals surface area contributed by atoms with E-state index in [0.29, 0.717) is 6.54 Å². The molecule has 0 saturated carbocycles. The Morgan fingerprint density at radius 1 is 1.08 bits per heavy atom. The number of hydrogen-bond acceptors (Lipinski definition) is 2. The van der Waals surface area contributed by atoms with E-state index in [0.717, 1.165) is 12.8 Å². The average Bonchev–Trinajstić information content (AvgIpc) is 1.83. The molecule has 0 aromatic rings. The van der Waals surface area contributed by atoms with Crippen LogP contribution < -0.4 is 0 Å². The van der Waals surface area contributed by atoms with Crippen molar-refractivity contribution in [1.29, 1.82) is 0 Å². The number of hydrogen-bond donors (Lipinski definition) is 2. The molecule has 0 aliphatic carbocycles. The Bertz CT molecular complexity index is 167. The third-order valence-electron chi connectivity index (χ3n) is 3.82. The fourth-order valence-corrected chi connectivity index (χ4v) is 1.81. The number of hydroxylamine groups is 4. The number of piperidine rings is 1. The van der Waals surface area contributed by atoms with Gasteiger partial charge < -0.3 is 0 Å². The van der Waals surface area contributed by atoms with Crippen LogP contribution >= 0.6 is 0 Å². The first-order valence-electron chi connectivity index (χ1n) is 4.54. The zero-order valence-corrected chi connectivity index (χ0v) is 8.46. The molecule has 3 nitrogen and oxygen atoms in total. The van der Waals surface area contributed by atoms with Crippen molar-refractivity contribution in [3.63, 3.8) is 0 Å².